The summed E-state index contributed by atoms with van der Waals surface area (Å²) in [7, 11) is 1.17. The molecule has 1 N–H and O–H groups in total. The first kappa shape index (κ1) is 35.3. The maximum Gasteiger partial charge on any atom is 0.279 e. The van der Waals surface area contributed by atoms with Gasteiger partial charge < -0.3 is 19.3 Å². The second-order valence-electron chi connectivity index (χ2n) is 14.2. The quantitative estimate of drug-likeness (QED) is 0.148. The molecule has 0 radical (unpaired) electrons. The molecule has 0 saturated heterocycles. The van der Waals surface area contributed by atoms with E-state index >= 15 is 0 Å². The number of fused-ring (bicyclic) bond motifs is 2. The van der Waals surface area contributed by atoms with E-state index in [2.05, 4.69) is 47.6 Å². The Morgan fingerprint density at radius 2 is 1.71 bits per heavy atom. The highest BCUT2D eigenvalue weighted by molar-refractivity contribution is 6.91. The van der Waals surface area contributed by atoms with Crippen LogP contribution in [0.25, 0.3) is 16.5 Å². The standard InChI is InChI=1S/C41H45N5O5Si/c1-27-39(50-3)34-23-30(46-41(48)33-14-10-9-13-29(33)24-42-46)15-20-37(34)51-40(27)38(52(4,5)32-18-16-31(49-2)17-19-32)21-22-45-25-36(43-44-45)35(26-47)28-11-7-6-8-12-28/h6-20,23-25,27,35,38-40,47H,21-22,26H2,1-5H3/t27-,35?,38?,39-,40-/m0/s1. The highest BCUT2D eigenvalue weighted by atomic mass is 28.3. The van der Waals surface area contributed by atoms with Gasteiger partial charge in [0.1, 0.15) is 17.6 Å². The van der Waals surface area contributed by atoms with Gasteiger partial charge in [-0.2, -0.15) is 9.78 Å². The van der Waals surface area contributed by atoms with E-state index in [9.17, 15) is 9.90 Å². The van der Waals surface area contributed by atoms with Crippen molar-refractivity contribution in [3.63, 3.8) is 0 Å². The van der Waals surface area contributed by atoms with Gasteiger partial charge in [-0.15, -0.1) is 5.10 Å². The number of hydrogen-bond acceptors (Lipinski definition) is 8. The van der Waals surface area contributed by atoms with Gasteiger partial charge in [-0.3, -0.25) is 9.48 Å². The van der Waals surface area contributed by atoms with Gasteiger partial charge in [-0.05, 0) is 53.9 Å². The van der Waals surface area contributed by atoms with Crippen molar-refractivity contribution in [2.24, 2.45) is 5.92 Å². The Hall–Kier alpha value is -5.10. The number of aliphatic hydroxyl groups is 1. The van der Waals surface area contributed by atoms with Crippen LogP contribution in [0.15, 0.2) is 114 Å². The lowest BCUT2D eigenvalue weighted by molar-refractivity contribution is -0.0234. The van der Waals surface area contributed by atoms with E-state index in [1.807, 2.05) is 95.8 Å². The van der Waals surface area contributed by atoms with Gasteiger partial charge >= 0.3 is 0 Å². The molecule has 5 atom stereocenters. The summed E-state index contributed by atoms with van der Waals surface area (Å²) in [6, 6.07) is 31.6. The van der Waals surface area contributed by atoms with Crippen LogP contribution in [0.4, 0.5) is 0 Å². The Morgan fingerprint density at radius 3 is 2.44 bits per heavy atom. The van der Waals surface area contributed by atoms with Crippen LogP contribution < -0.4 is 20.2 Å². The first-order chi connectivity index (χ1) is 25.2. The molecule has 52 heavy (non-hydrogen) atoms. The van der Waals surface area contributed by atoms with E-state index in [0.717, 1.165) is 40.1 Å². The van der Waals surface area contributed by atoms with Gasteiger partial charge in [0.05, 0.1) is 56.8 Å². The minimum atomic E-state index is -2.26. The van der Waals surface area contributed by atoms with Gasteiger partial charge in [-0.1, -0.05) is 91.1 Å². The molecule has 3 heterocycles. The van der Waals surface area contributed by atoms with Gasteiger partial charge in [-0.25, -0.2) is 0 Å². The second kappa shape index (κ2) is 14.9. The number of hydrogen-bond donors (Lipinski definition) is 1. The third-order valence-electron chi connectivity index (χ3n) is 10.9. The Kier molecular flexibility index (Phi) is 10.1. The van der Waals surface area contributed by atoms with Crippen molar-refractivity contribution in [2.75, 3.05) is 20.8 Å². The Labute approximate surface area is 304 Å². The maximum absolute atomic E-state index is 13.5. The molecule has 11 heteroatoms. The number of aromatic nitrogens is 5. The smallest absolute Gasteiger partial charge is 0.279 e. The van der Waals surface area contributed by atoms with Gasteiger partial charge in [0.2, 0.25) is 0 Å². The van der Waals surface area contributed by atoms with Gasteiger partial charge in [0, 0.05) is 36.7 Å². The van der Waals surface area contributed by atoms with Crippen molar-refractivity contribution in [2.45, 2.75) is 56.7 Å². The summed E-state index contributed by atoms with van der Waals surface area (Å²) in [6.07, 6.45) is 4.01. The number of aliphatic hydroxyl groups excluding tert-OH is 1. The molecule has 10 nitrogen and oxygen atoms in total. The first-order valence-electron chi connectivity index (χ1n) is 17.7. The normalized spacial score (nSPS) is 18.4. The fourth-order valence-corrected chi connectivity index (χ4v) is 11.3. The molecule has 0 spiro atoms. The zero-order valence-corrected chi connectivity index (χ0v) is 31.2. The summed E-state index contributed by atoms with van der Waals surface area (Å²) >= 11 is 0. The minimum Gasteiger partial charge on any atom is -0.497 e. The van der Waals surface area contributed by atoms with Gasteiger partial charge in [0.15, 0.2) is 0 Å². The summed E-state index contributed by atoms with van der Waals surface area (Å²) < 4.78 is 22.1. The lowest BCUT2D eigenvalue weighted by Crippen LogP contribution is -2.54. The molecule has 6 aromatic rings. The lowest BCUT2D eigenvalue weighted by atomic mass is 9.86. The van der Waals surface area contributed by atoms with Crippen molar-refractivity contribution in [3.05, 3.63) is 137 Å². The minimum absolute atomic E-state index is 0.0211. The molecule has 1 aliphatic rings. The molecule has 0 saturated carbocycles. The molecule has 1 aliphatic heterocycles. The van der Waals surface area contributed by atoms with Crippen molar-refractivity contribution < 1.29 is 19.3 Å². The van der Waals surface area contributed by atoms with Crippen LogP contribution in [0.5, 0.6) is 11.5 Å². The largest absolute Gasteiger partial charge is 0.497 e. The Bertz CT molecular complexity index is 2200. The SMILES string of the molecule is COc1ccc([Si](C)(C)C(CCn2cc(C(CO)c3ccccc3)nn2)[C@H]2Oc3ccc(-n4ncc5ccccc5c4=O)cc3[C@@H](OC)[C@@H]2C)cc1. The third kappa shape index (κ3) is 6.67. The molecule has 268 valence electrons. The van der Waals surface area contributed by atoms with E-state index in [1.165, 1.54) is 9.87 Å². The molecule has 0 amide bonds. The third-order valence-corrected chi connectivity index (χ3v) is 15.2. The van der Waals surface area contributed by atoms with E-state index in [0.29, 0.717) is 17.6 Å². The molecule has 2 aromatic heterocycles. The average Bonchev–Trinajstić information content (AvgIpc) is 3.64. The van der Waals surface area contributed by atoms with E-state index < -0.39 is 8.07 Å². The van der Waals surface area contributed by atoms with E-state index in [4.69, 9.17) is 14.2 Å². The number of ether oxygens (including phenoxy) is 3. The monoisotopic (exact) mass is 715 g/mol. The summed E-state index contributed by atoms with van der Waals surface area (Å²) in [5, 5.41) is 26.5. The molecule has 4 aromatic carbocycles. The molecule has 7 rings (SSSR count). The van der Waals surface area contributed by atoms with E-state index in [1.54, 1.807) is 20.4 Å². The van der Waals surface area contributed by atoms with Crippen LogP contribution >= 0.6 is 0 Å². The van der Waals surface area contributed by atoms with Crippen LogP contribution in [-0.4, -0.2) is 64.9 Å². The zero-order valence-electron chi connectivity index (χ0n) is 30.2. The summed E-state index contributed by atoms with van der Waals surface area (Å²) in [5.41, 5.74) is 3.26. The van der Waals surface area contributed by atoms with Crippen LogP contribution in [0.1, 0.15) is 42.2 Å². The van der Waals surface area contributed by atoms with Crippen LogP contribution in [0.2, 0.25) is 18.6 Å². The maximum atomic E-state index is 13.5. The number of aryl methyl sites for hydroxylation is 1. The van der Waals surface area contributed by atoms with Gasteiger partial charge in [0.25, 0.3) is 5.56 Å². The van der Waals surface area contributed by atoms with Crippen molar-refractivity contribution in [3.8, 4) is 17.2 Å². The van der Waals surface area contributed by atoms with Crippen LogP contribution in [-0.2, 0) is 11.3 Å². The van der Waals surface area contributed by atoms with Crippen molar-refractivity contribution >= 4 is 24.0 Å². The number of rotatable bonds is 12. The predicted molar refractivity (Wildman–Crippen MR) is 205 cm³/mol. The predicted octanol–water partition coefficient (Wildman–Crippen LogP) is 6.27. The first-order valence-corrected chi connectivity index (χ1v) is 20.8. The van der Waals surface area contributed by atoms with E-state index in [-0.39, 0.29) is 41.8 Å². The Balaban J connectivity index is 1.22. The Morgan fingerprint density at radius 1 is 0.962 bits per heavy atom. The van der Waals surface area contributed by atoms with Crippen LogP contribution in [0.3, 0.4) is 0 Å². The van der Waals surface area contributed by atoms with Crippen molar-refractivity contribution in [1.29, 1.82) is 0 Å². The summed E-state index contributed by atoms with van der Waals surface area (Å²) in [5.74, 6) is 1.30. The molecular formula is C41H45N5O5Si. The fraction of sp³-hybridized carbons (Fsp3) is 0.317. The molecule has 0 bridgehead atoms. The summed E-state index contributed by atoms with van der Waals surface area (Å²) in [4.78, 5) is 13.5. The van der Waals surface area contributed by atoms with Crippen molar-refractivity contribution in [1.82, 2.24) is 24.8 Å². The lowest BCUT2D eigenvalue weighted by Gasteiger charge is -2.46. The highest BCUT2D eigenvalue weighted by Crippen LogP contribution is 2.47. The topological polar surface area (TPSA) is 114 Å². The number of nitrogens with zero attached hydrogens (tertiary/aromatic N) is 5. The fourth-order valence-electron chi connectivity index (χ4n) is 7.85. The van der Waals surface area contributed by atoms with Crippen LogP contribution in [0, 0.1) is 5.92 Å². The second-order valence-corrected chi connectivity index (χ2v) is 18.9. The highest BCUT2D eigenvalue weighted by Gasteiger charge is 2.47. The zero-order chi connectivity index (χ0) is 36.4. The average molecular weight is 716 g/mol. The number of methoxy groups -OCH3 is 2. The summed E-state index contributed by atoms with van der Waals surface area (Å²) in [6.45, 7) is 7.57. The molecule has 2 unspecified atom stereocenters. The molecule has 0 aliphatic carbocycles. The molecule has 0 fully saturated rings. The number of benzene rings is 4. The molecular weight excluding hydrogens is 671 g/mol.